The number of fused-ring (bicyclic) bond motifs is 1. The number of carbonyl (C=O) groups excluding carboxylic acids is 1. The molecule has 1 radical (unpaired) electrons. The molecule has 0 atom stereocenters. The number of rotatable bonds is 8. The maximum atomic E-state index is 14.2. The number of aromatic nitrogens is 1. The van der Waals surface area contributed by atoms with Crippen LogP contribution in [0, 0.1) is 5.82 Å². The Hall–Kier alpha value is -3.91. The minimum Gasteiger partial charge on any atom is -0.497 e. The zero-order valence-corrected chi connectivity index (χ0v) is 19.8. The fourth-order valence-electron chi connectivity index (χ4n) is 4.24. The van der Waals surface area contributed by atoms with E-state index >= 15 is 0 Å². The summed E-state index contributed by atoms with van der Waals surface area (Å²) in [5.41, 5.74) is 6.18. The Labute approximate surface area is 204 Å². The summed E-state index contributed by atoms with van der Waals surface area (Å²) in [6.07, 6.45) is 5.44. The average molecular weight is 471 g/mol. The van der Waals surface area contributed by atoms with E-state index in [9.17, 15) is 14.2 Å². The largest absolute Gasteiger partial charge is 0.497 e. The topological polar surface area (TPSA) is 80.7 Å². The van der Waals surface area contributed by atoms with E-state index in [1.54, 1.807) is 30.6 Å². The standard InChI is InChI=1S/C27H25BFN2O4/c1-16-21(9-18-10-24(34-2)27(28-33)25(11-18)35-3)20-7-6-19(29)12-23(20)22(16)13-26(32)31-15-17-5-4-8-30-14-17/h4-12,14,33H,13,15H2,1-3H3,(H,31,32)/b21-9-. The highest BCUT2D eigenvalue weighted by Gasteiger charge is 2.26. The molecular formula is C27H25BFN2O4. The first-order valence-electron chi connectivity index (χ1n) is 11.1. The quantitative estimate of drug-likeness (QED) is 0.492. The second-order valence-corrected chi connectivity index (χ2v) is 8.13. The van der Waals surface area contributed by atoms with E-state index in [0.717, 1.165) is 40.9 Å². The van der Waals surface area contributed by atoms with Crippen molar-refractivity contribution in [1.29, 1.82) is 0 Å². The van der Waals surface area contributed by atoms with E-state index in [0.29, 0.717) is 29.1 Å². The molecule has 1 aliphatic carbocycles. The molecule has 6 nitrogen and oxygen atoms in total. The number of amides is 1. The number of hydrogen-bond acceptors (Lipinski definition) is 5. The van der Waals surface area contributed by atoms with Gasteiger partial charge in [0.05, 0.1) is 20.6 Å². The van der Waals surface area contributed by atoms with Gasteiger partial charge >= 0.3 is 7.48 Å². The Bertz CT molecular complexity index is 1300. The average Bonchev–Trinajstić information content (AvgIpc) is 3.12. The molecule has 0 saturated carbocycles. The molecule has 1 aromatic heterocycles. The second-order valence-electron chi connectivity index (χ2n) is 8.13. The number of nitrogens with zero attached hydrogens (tertiary/aromatic N) is 1. The molecule has 0 saturated heterocycles. The smallest absolute Gasteiger partial charge is 0.334 e. The number of methoxy groups -OCH3 is 2. The zero-order valence-electron chi connectivity index (χ0n) is 19.8. The van der Waals surface area contributed by atoms with Gasteiger partial charge in [-0.15, -0.1) is 0 Å². The highest BCUT2D eigenvalue weighted by atomic mass is 19.1. The number of pyridine rings is 1. The van der Waals surface area contributed by atoms with Gasteiger partial charge in [0.15, 0.2) is 0 Å². The van der Waals surface area contributed by atoms with Gasteiger partial charge in [-0.05, 0) is 82.3 Å². The molecule has 1 heterocycles. The maximum absolute atomic E-state index is 14.2. The Morgan fingerprint density at radius 3 is 2.51 bits per heavy atom. The normalized spacial score (nSPS) is 13.6. The first-order valence-corrected chi connectivity index (χ1v) is 11.1. The number of halogens is 1. The van der Waals surface area contributed by atoms with Gasteiger partial charge in [-0.25, -0.2) is 4.39 Å². The SMILES string of the molecule is COc1cc(/C=C2/C(C)=C(CC(=O)NCc3cccnc3)c3cc(F)ccc32)cc(OC)c1[B]O. The highest BCUT2D eigenvalue weighted by Crippen LogP contribution is 2.44. The molecule has 2 N–H and O–H groups in total. The summed E-state index contributed by atoms with van der Waals surface area (Å²) in [7, 11) is 3.97. The molecule has 0 spiro atoms. The molecule has 4 rings (SSSR count). The van der Waals surface area contributed by atoms with Gasteiger partial charge in [-0.2, -0.15) is 0 Å². The number of ether oxygens (including phenoxy) is 2. The highest BCUT2D eigenvalue weighted by molar-refractivity contribution is 6.48. The van der Waals surface area contributed by atoms with E-state index in [4.69, 9.17) is 9.47 Å². The van der Waals surface area contributed by atoms with Crippen LogP contribution in [0.5, 0.6) is 11.5 Å². The molecule has 0 aliphatic heterocycles. The Morgan fingerprint density at radius 2 is 1.89 bits per heavy atom. The van der Waals surface area contributed by atoms with Crippen molar-refractivity contribution in [2.45, 2.75) is 19.9 Å². The van der Waals surface area contributed by atoms with E-state index < -0.39 is 0 Å². The molecule has 0 fully saturated rings. The van der Waals surface area contributed by atoms with Crippen LogP contribution in [0.3, 0.4) is 0 Å². The third kappa shape index (κ3) is 5.12. The van der Waals surface area contributed by atoms with Gasteiger partial charge in [0.2, 0.25) is 5.91 Å². The number of carbonyl (C=O) groups is 1. The molecule has 2 aromatic carbocycles. The molecular weight excluding hydrogens is 446 g/mol. The van der Waals surface area contributed by atoms with Crippen molar-refractivity contribution in [3.05, 3.63) is 88.5 Å². The third-order valence-electron chi connectivity index (χ3n) is 6.01. The van der Waals surface area contributed by atoms with Gasteiger partial charge < -0.3 is 19.8 Å². The first kappa shape index (κ1) is 24.2. The van der Waals surface area contributed by atoms with E-state index in [2.05, 4.69) is 10.3 Å². The monoisotopic (exact) mass is 471 g/mol. The molecule has 1 aliphatic rings. The zero-order chi connectivity index (χ0) is 24.9. The molecule has 0 bridgehead atoms. The van der Waals surface area contributed by atoms with Crippen LogP contribution in [0.25, 0.3) is 17.2 Å². The van der Waals surface area contributed by atoms with Crippen LogP contribution in [0.1, 0.15) is 35.6 Å². The van der Waals surface area contributed by atoms with Crippen molar-refractivity contribution < 1.29 is 23.7 Å². The Balaban J connectivity index is 1.69. The lowest BCUT2D eigenvalue weighted by molar-refractivity contribution is -0.120. The first-order chi connectivity index (χ1) is 16.9. The van der Waals surface area contributed by atoms with Crippen LogP contribution < -0.4 is 20.3 Å². The van der Waals surface area contributed by atoms with E-state index in [-0.39, 0.29) is 18.1 Å². The van der Waals surface area contributed by atoms with E-state index in [1.807, 2.05) is 25.1 Å². The lowest BCUT2D eigenvalue weighted by atomic mass is 9.85. The lowest BCUT2D eigenvalue weighted by Gasteiger charge is -2.13. The van der Waals surface area contributed by atoms with Crippen molar-refractivity contribution in [3.63, 3.8) is 0 Å². The summed E-state index contributed by atoms with van der Waals surface area (Å²) in [5.74, 6) is 0.378. The van der Waals surface area contributed by atoms with Crippen molar-refractivity contribution in [2.75, 3.05) is 14.2 Å². The fourth-order valence-corrected chi connectivity index (χ4v) is 4.24. The van der Waals surface area contributed by atoms with Crippen LogP contribution in [0.2, 0.25) is 0 Å². The van der Waals surface area contributed by atoms with Crippen LogP contribution in [0.4, 0.5) is 4.39 Å². The number of allylic oxidation sites excluding steroid dienone is 2. The van der Waals surface area contributed by atoms with Crippen LogP contribution in [-0.4, -0.2) is 37.6 Å². The van der Waals surface area contributed by atoms with Gasteiger partial charge in [0.25, 0.3) is 0 Å². The lowest BCUT2D eigenvalue weighted by Crippen LogP contribution is -2.22. The van der Waals surface area contributed by atoms with Crippen molar-refractivity contribution in [3.8, 4) is 11.5 Å². The molecule has 177 valence electrons. The Morgan fingerprint density at radius 1 is 1.14 bits per heavy atom. The number of nitrogens with one attached hydrogen (secondary N) is 1. The van der Waals surface area contributed by atoms with Crippen molar-refractivity contribution in [1.82, 2.24) is 10.3 Å². The van der Waals surface area contributed by atoms with Crippen LogP contribution >= 0.6 is 0 Å². The summed E-state index contributed by atoms with van der Waals surface area (Å²) in [5, 5.41) is 12.5. The molecule has 0 unspecified atom stereocenters. The number of benzene rings is 2. The maximum Gasteiger partial charge on any atom is 0.334 e. The van der Waals surface area contributed by atoms with Crippen molar-refractivity contribution in [2.24, 2.45) is 0 Å². The summed E-state index contributed by atoms with van der Waals surface area (Å²) in [4.78, 5) is 16.8. The van der Waals surface area contributed by atoms with E-state index in [1.165, 1.54) is 26.4 Å². The third-order valence-corrected chi connectivity index (χ3v) is 6.01. The Kier molecular flexibility index (Phi) is 7.32. The fraction of sp³-hybridized carbons (Fsp3) is 0.185. The summed E-state index contributed by atoms with van der Waals surface area (Å²) < 4.78 is 25.0. The number of hydrogen-bond donors (Lipinski definition) is 2. The van der Waals surface area contributed by atoms with Gasteiger partial charge in [0, 0.05) is 24.4 Å². The predicted octanol–water partition coefficient (Wildman–Crippen LogP) is 3.51. The van der Waals surface area contributed by atoms with Crippen LogP contribution in [0.15, 0.2) is 60.4 Å². The minimum atomic E-state index is -0.364. The summed E-state index contributed by atoms with van der Waals surface area (Å²) in [6, 6.07) is 11.9. The van der Waals surface area contributed by atoms with Crippen molar-refractivity contribution >= 4 is 36.1 Å². The van der Waals surface area contributed by atoms with Crippen LogP contribution in [-0.2, 0) is 11.3 Å². The second kappa shape index (κ2) is 10.6. The van der Waals surface area contributed by atoms with Gasteiger partial charge in [-0.1, -0.05) is 12.1 Å². The minimum absolute atomic E-state index is 0.116. The molecule has 1 amide bonds. The van der Waals surface area contributed by atoms with Gasteiger partial charge in [0.1, 0.15) is 17.3 Å². The summed E-state index contributed by atoms with van der Waals surface area (Å²) >= 11 is 0. The molecule has 3 aromatic rings. The molecule has 8 heteroatoms. The van der Waals surface area contributed by atoms with Gasteiger partial charge in [-0.3, -0.25) is 9.78 Å². The summed E-state index contributed by atoms with van der Waals surface area (Å²) in [6.45, 7) is 2.29. The predicted molar refractivity (Wildman–Crippen MR) is 135 cm³/mol. The molecule has 35 heavy (non-hydrogen) atoms.